The molecule has 1 aromatic rings. The van der Waals surface area contributed by atoms with Crippen molar-refractivity contribution in [3.8, 4) is 6.07 Å². The van der Waals surface area contributed by atoms with E-state index in [4.69, 9.17) is 0 Å². The summed E-state index contributed by atoms with van der Waals surface area (Å²) in [6.45, 7) is 3.39. The number of nitriles is 1. The van der Waals surface area contributed by atoms with Gasteiger partial charge >= 0.3 is 0 Å². The number of hydrogen-bond acceptors (Lipinski definition) is 4. The van der Waals surface area contributed by atoms with E-state index in [1.165, 1.54) is 43.0 Å². The molecule has 2 rings (SSSR count). The SMILES string of the molecule is CC(=O)/C=C(/C)Nc1sc2c(c1C#N)CCCCCC2. The van der Waals surface area contributed by atoms with Crippen LogP contribution in [-0.2, 0) is 17.6 Å². The van der Waals surface area contributed by atoms with Crippen LogP contribution >= 0.6 is 11.3 Å². The number of nitrogens with one attached hydrogen (secondary N) is 1. The number of nitrogens with zero attached hydrogens (tertiary/aromatic N) is 1. The van der Waals surface area contributed by atoms with Gasteiger partial charge in [0.15, 0.2) is 5.78 Å². The lowest BCUT2D eigenvalue weighted by Crippen LogP contribution is -2.00. The first-order valence-corrected chi connectivity index (χ1v) is 7.94. The number of ketones is 1. The zero-order valence-corrected chi connectivity index (χ0v) is 12.9. The van der Waals surface area contributed by atoms with Gasteiger partial charge in [-0.05, 0) is 51.2 Å². The molecule has 106 valence electrons. The predicted octanol–water partition coefficient (Wildman–Crippen LogP) is 4.18. The quantitative estimate of drug-likeness (QED) is 0.849. The summed E-state index contributed by atoms with van der Waals surface area (Å²) < 4.78 is 0. The fourth-order valence-corrected chi connectivity index (χ4v) is 3.95. The topological polar surface area (TPSA) is 52.9 Å². The van der Waals surface area contributed by atoms with Gasteiger partial charge in [0.1, 0.15) is 11.1 Å². The van der Waals surface area contributed by atoms with Crippen molar-refractivity contribution in [2.45, 2.75) is 52.4 Å². The number of anilines is 1. The molecule has 0 saturated heterocycles. The fourth-order valence-electron chi connectivity index (χ4n) is 2.65. The van der Waals surface area contributed by atoms with Crippen molar-refractivity contribution in [1.82, 2.24) is 0 Å². The van der Waals surface area contributed by atoms with Gasteiger partial charge < -0.3 is 5.32 Å². The Morgan fingerprint density at radius 1 is 1.25 bits per heavy atom. The number of carbonyl (C=O) groups excluding carboxylic acids is 1. The molecule has 0 aromatic carbocycles. The highest BCUT2D eigenvalue weighted by molar-refractivity contribution is 7.16. The molecule has 0 radical (unpaired) electrons. The molecule has 0 spiro atoms. The molecule has 0 aliphatic heterocycles. The van der Waals surface area contributed by atoms with Crippen LogP contribution in [0.15, 0.2) is 11.8 Å². The summed E-state index contributed by atoms with van der Waals surface area (Å²) in [4.78, 5) is 12.5. The highest BCUT2D eigenvalue weighted by Gasteiger charge is 2.19. The van der Waals surface area contributed by atoms with Crippen molar-refractivity contribution < 1.29 is 4.79 Å². The molecule has 0 unspecified atom stereocenters. The fraction of sp³-hybridized carbons (Fsp3) is 0.500. The van der Waals surface area contributed by atoms with Crippen LogP contribution in [0.2, 0.25) is 0 Å². The molecule has 1 heterocycles. The Balaban J connectivity index is 2.32. The van der Waals surface area contributed by atoms with Crippen LogP contribution in [-0.4, -0.2) is 5.78 Å². The van der Waals surface area contributed by atoms with E-state index in [1.807, 2.05) is 6.92 Å². The molecule has 0 saturated carbocycles. The third-order valence-electron chi connectivity index (χ3n) is 3.51. The first-order valence-electron chi connectivity index (χ1n) is 7.12. The Kier molecular flexibility index (Phi) is 4.97. The highest BCUT2D eigenvalue weighted by atomic mass is 32.1. The molecule has 20 heavy (non-hydrogen) atoms. The number of allylic oxidation sites excluding steroid dienone is 2. The largest absolute Gasteiger partial charge is 0.350 e. The molecule has 1 aromatic heterocycles. The Morgan fingerprint density at radius 2 is 1.95 bits per heavy atom. The third kappa shape index (κ3) is 3.49. The second-order valence-corrected chi connectivity index (χ2v) is 6.40. The highest BCUT2D eigenvalue weighted by Crippen LogP contribution is 2.37. The third-order valence-corrected chi connectivity index (χ3v) is 4.72. The van der Waals surface area contributed by atoms with Gasteiger partial charge in [0.05, 0.1) is 5.56 Å². The van der Waals surface area contributed by atoms with Crippen molar-refractivity contribution in [1.29, 1.82) is 5.26 Å². The van der Waals surface area contributed by atoms with Crippen molar-refractivity contribution in [2.75, 3.05) is 5.32 Å². The average molecular weight is 288 g/mol. The molecule has 0 bridgehead atoms. The number of carbonyl (C=O) groups is 1. The molecule has 0 atom stereocenters. The molecule has 3 nitrogen and oxygen atoms in total. The first-order chi connectivity index (χ1) is 9.61. The molecular weight excluding hydrogens is 268 g/mol. The Hall–Kier alpha value is -1.60. The second-order valence-electron chi connectivity index (χ2n) is 5.30. The van der Waals surface area contributed by atoms with E-state index in [-0.39, 0.29) is 5.78 Å². The van der Waals surface area contributed by atoms with Crippen LogP contribution in [0, 0.1) is 11.3 Å². The van der Waals surface area contributed by atoms with Crippen LogP contribution < -0.4 is 5.32 Å². The van der Waals surface area contributed by atoms with E-state index < -0.39 is 0 Å². The Labute approximate surface area is 124 Å². The molecular formula is C16H20N2OS. The van der Waals surface area contributed by atoms with E-state index in [2.05, 4.69) is 11.4 Å². The van der Waals surface area contributed by atoms with Gasteiger partial charge in [0.2, 0.25) is 0 Å². The number of rotatable bonds is 3. The average Bonchev–Trinajstić information content (AvgIpc) is 2.64. The van der Waals surface area contributed by atoms with Gasteiger partial charge in [-0.1, -0.05) is 12.8 Å². The van der Waals surface area contributed by atoms with E-state index in [9.17, 15) is 10.1 Å². The summed E-state index contributed by atoms with van der Waals surface area (Å²) in [6.07, 6.45) is 8.56. The Bertz CT molecular complexity index is 578. The zero-order valence-electron chi connectivity index (χ0n) is 12.1. The summed E-state index contributed by atoms with van der Waals surface area (Å²) in [5.41, 5.74) is 2.81. The van der Waals surface area contributed by atoms with Gasteiger partial charge in [0, 0.05) is 10.6 Å². The minimum atomic E-state index is 0.0171. The summed E-state index contributed by atoms with van der Waals surface area (Å²) in [5.74, 6) is 0.0171. The number of hydrogen-bond donors (Lipinski definition) is 1. The molecule has 1 N–H and O–H groups in total. The van der Waals surface area contributed by atoms with E-state index >= 15 is 0 Å². The maximum atomic E-state index is 11.1. The van der Waals surface area contributed by atoms with Crippen LogP contribution in [0.25, 0.3) is 0 Å². The van der Waals surface area contributed by atoms with Gasteiger partial charge in [-0.15, -0.1) is 11.3 Å². The van der Waals surface area contributed by atoms with Crippen molar-refractivity contribution >= 4 is 22.1 Å². The molecule has 1 aliphatic carbocycles. The number of fused-ring (bicyclic) bond motifs is 1. The van der Waals surface area contributed by atoms with Crippen molar-refractivity contribution in [3.63, 3.8) is 0 Å². The number of aryl methyl sites for hydroxylation is 1. The van der Waals surface area contributed by atoms with E-state index in [0.717, 1.165) is 29.1 Å². The van der Waals surface area contributed by atoms with E-state index in [1.54, 1.807) is 17.4 Å². The summed E-state index contributed by atoms with van der Waals surface area (Å²) >= 11 is 1.68. The predicted molar refractivity (Wildman–Crippen MR) is 83.0 cm³/mol. The summed E-state index contributed by atoms with van der Waals surface area (Å²) in [5, 5.41) is 13.6. The lowest BCUT2D eigenvalue weighted by Gasteiger charge is -2.08. The monoisotopic (exact) mass is 288 g/mol. The van der Waals surface area contributed by atoms with Crippen molar-refractivity contribution in [3.05, 3.63) is 27.8 Å². The lowest BCUT2D eigenvalue weighted by molar-refractivity contribution is -0.112. The Morgan fingerprint density at radius 3 is 2.60 bits per heavy atom. The normalized spacial score (nSPS) is 15.8. The molecule has 1 aliphatic rings. The maximum absolute atomic E-state index is 11.1. The van der Waals surface area contributed by atoms with Gasteiger partial charge in [-0.2, -0.15) is 5.26 Å². The summed E-state index contributed by atoms with van der Waals surface area (Å²) in [7, 11) is 0. The first kappa shape index (κ1) is 14.8. The van der Waals surface area contributed by atoms with Crippen molar-refractivity contribution in [2.24, 2.45) is 0 Å². The maximum Gasteiger partial charge on any atom is 0.154 e. The van der Waals surface area contributed by atoms with Gasteiger partial charge in [-0.3, -0.25) is 4.79 Å². The van der Waals surface area contributed by atoms with Crippen LogP contribution in [0.5, 0.6) is 0 Å². The molecule has 0 fully saturated rings. The minimum absolute atomic E-state index is 0.0171. The minimum Gasteiger partial charge on any atom is -0.350 e. The lowest BCUT2D eigenvalue weighted by atomic mass is 9.97. The summed E-state index contributed by atoms with van der Waals surface area (Å²) in [6, 6.07) is 2.35. The zero-order chi connectivity index (χ0) is 14.5. The van der Waals surface area contributed by atoms with Crippen LogP contribution in [0.1, 0.15) is 55.5 Å². The van der Waals surface area contributed by atoms with E-state index in [0.29, 0.717) is 0 Å². The van der Waals surface area contributed by atoms with Gasteiger partial charge in [-0.25, -0.2) is 0 Å². The smallest absolute Gasteiger partial charge is 0.154 e. The second kappa shape index (κ2) is 6.71. The number of thiophene rings is 1. The van der Waals surface area contributed by atoms with Gasteiger partial charge in [0.25, 0.3) is 0 Å². The van der Waals surface area contributed by atoms with Crippen LogP contribution in [0.4, 0.5) is 5.00 Å². The van der Waals surface area contributed by atoms with Crippen LogP contribution in [0.3, 0.4) is 0 Å². The standard InChI is InChI=1S/C16H20N2OS/c1-11(9-12(2)19)18-16-14(10-17)13-7-5-3-4-6-8-15(13)20-16/h9,18H,3-8H2,1-2H3/b11-9-. The molecule has 4 heteroatoms. The molecule has 0 amide bonds.